The number of fused-ring (bicyclic) bond motifs is 1. The van der Waals surface area contributed by atoms with Crippen molar-refractivity contribution in [2.75, 3.05) is 12.4 Å². The van der Waals surface area contributed by atoms with Gasteiger partial charge in [-0.15, -0.1) is 11.8 Å². The van der Waals surface area contributed by atoms with Gasteiger partial charge in [-0.05, 0) is 31.6 Å². The van der Waals surface area contributed by atoms with Crippen molar-refractivity contribution in [3.63, 3.8) is 0 Å². The lowest BCUT2D eigenvalue weighted by Crippen LogP contribution is -2.28. The number of hydrogen-bond acceptors (Lipinski definition) is 7. The minimum absolute atomic E-state index is 0.0936. The van der Waals surface area contributed by atoms with Crippen LogP contribution in [0.1, 0.15) is 58.6 Å². The molecule has 9 heteroatoms. The van der Waals surface area contributed by atoms with Gasteiger partial charge in [0.15, 0.2) is 5.16 Å². The fraction of sp³-hybridized carbons (Fsp3) is 0.619. The molecule has 30 heavy (non-hydrogen) atoms. The zero-order valence-electron chi connectivity index (χ0n) is 17.8. The Morgan fingerprint density at radius 1 is 1.40 bits per heavy atom. The molecule has 3 atom stereocenters. The molecule has 1 aliphatic carbocycles. The number of amides is 1. The highest BCUT2D eigenvalue weighted by molar-refractivity contribution is 8.04. The molecule has 1 amide bonds. The lowest BCUT2D eigenvalue weighted by Gasteiger charge is -2.29. The Kier molecular flexibility index (Phi) is 7.68. The van der Waals surface area contributed by atoms with Crippen molar-refractivity contribution < 1.29 is 14.3 Å². The Morgan fingerprint density at radius 2 is 2.17 bits per heavy atom. The Hall–Kier alpha value is -1.74. The number of hydrogen-bond donors (Lipinski definition) is 2. The van der Waals surface area contributed by atoms with Crippen molar-refractivity contribution in [1.29, 1.82) is 0 Å². The number of ether oxygens (including phenoxy) is 1. The SMILES string of the molecule is CCOC(=O)C1=C(NC(=O)CSc2nc(C(C)C)cc(=O)[nH]2)SC2CC(C)CCC12. The van der Waals surface area contributed by atoms with Crippen LogP contribution in [-0.2, 0) is 14.3 Å². The summed E-state index contributed by atoms with van der Waals surface area (Å²) >= 11 is 2.76. The first-order valence-electron chi connectivity index (χ1n) is 10.4. The second kappa shape index (κ2) is 10.0. The van der Waals surface area contributed by atoms with Crippen LogP contribution in [0, 0.1) is 11.8 Å². The third-order valence-corrected chi connectivity index (χ3v) is 7.61. The van der Waals surface area contributed by atoms with Gasteiger partial charge in [-0.3, -0.25) is 9.59 Å². The van der Waals surface area contributed by atoms with Gasteiger partial charge in [0, 0.05) is 17.2 Å². The van der Waals surface area contributed by atoms with Gasteiger partial charge >= 0.3 is 5.97 Å². The zero-order chi connectivity index (χ0) is 21.8. The van der Waals surface area contributed by atoms with Gasteiger partial charge in [0.25, 0.3) is 5.56 Å². The van der Waals surface area contributed by atoms with Crippen molar-refractivity contribution in [2.45, 2.75) is 63.3 Å². The summed E-state index contributed by atoms with van der Waals surface area (Å²) in [4.78, 5) is 44.1. The molecule has 3 unspecified atom stereocenters. The lowest BCUT2D eigenvalue weighted by molar-refractivity contribution is -0.139. The van der Waals surface area contributed by atoms with E-state index in [1.165, 1.54) is 17.8 Å². The summed E-state index contributed by atoms with van der Waals surface area (Å²) in [5.74, 6) is 0.409. The molecule has 2 N–H and O–H groups in total. The lowest BCUT2D eigenvalue weighted by atomic mass is 9.79. The maximum absolute atomic E-state index is 12.6. The summed E-state index contributed by atoms with van der Waals surface area (Å²) in [6.45, 7) is 8.25. The molecule has 2 heterocycles. The van der Waals surface area contributed by atoms with E-state index in [1.54, 1.807) is 18.7 Å². The number of aromatic amines is 1. The Labute approximate surface area is 185 Å². The second-order valence-corrected chi connectivity index (χ2v) is 10.3. The minimum atomic E-state index is -0.328. The molecular formula is C21H29N3O4S2. The molecule has 2 aliphatic rings. The normalized spacial score (nSPS) is 23.4. The highest BCUT2D eigenvalue weighted by Gasteiger charge is 2.43. The molecule has 0 saturated heterocycles. The van der Waals surface area contributed by atoms with Crippen LogP contribution in [0.25, 0.3) is 0 Å². The number of nitrogens with one attached hydrogen (secondary N) is 2. The molecule has 0 aromatic carbocycles. The number of carbonyl (C=O) groups excluding carboxylic acids is 2. The van der Waals surface area contributed by atoms with Crippen molar-refractivity contribution in [3.8, 4) is 0 Å². The maximum Gasteiger partial charge on any atom is 0.336 e. The topological polar surface area (TPSA) is 101 Å². The van der Waals surface area contributed by atoms with Crippen LogP contribution in [0.15, 0.2) is 26.6 Å². The Balaban J connectivity index is 1.70. The van der Waals surface area contributed by atoms with Crippen LogP contribution >= 0.6 is 23.5 Å². The first-order valence-corrected chi connectivity index (χ1v) is 12.3. The second-order valence-electron chi connectivity index (χ2n) is 8.11. The first-order chi connectivity index (χ1) is 14.3. The monoisotopic (exact) mass is 451 g/mol. The minimum Gasteiger partial charge on any atom is -0.463 e. The summed E-state index contributed by atoms with van der Waals surface area (Å²) in [5, 5.41) is 4.27. The molecule has 0 bridgehead atoms. The van der Waals surface area contributed by atoms with Crippen LogP contribution in [0.5, 0.6) is 0 Å². The predicted octanol–water partition coefficient (Wildman–Crippen LogP) is 3.43. The van der Waals surface area contributed by atoms with Gasteiger partial charge < -0.3 is 15.0 Å². The van der Waals surface area contributed by atoms with Gasteiger partial charge in [0.1, 0.15) is 0 Å². The van der Waals surface area contributed by atoms with Crippen molar-refractivity contribution in [1.82, 2.24) is 15.3 Å². The summed E-state index contributed by atoms with van der Waals surface area (Å²) < 4.78 is 5.28. The summed E-state index contributed by atoms with van der Waals surface area (Å²) in [5.41, 5.74) is 1.08. The molecule has 0 radical (unpaired) electrons. The molecule has 1 aliphatic heterocycles. The standard InChI is InChI=1S/C21H29N3O4S2/c1-5-28-20(27)18-13-7-6-12(4)8-15(13)30-19(18)23-17(26)10-29-21-22-14(11(2)3)9-16(25)24-21/h9,11-13,15H,5-8,10H2,1-4H3,(H,23,26)(H,22,24,25). The predicted molar refractivity (Wildman–Crippen MR) is 119 cm³/mol. The molecule has 0 spiro atoms. The van der Waals surface area contributed by atoms with Gasteiger partial charge in [-0.1, -0.05) is 39.0 Å². The molecule has 1 saturated carbocycles. The highest BCUT2D eigenvalue weighted by atomic mass is 32.2. The molecule has 1 fully saturated rings. The number of esters is 1. The van der Waals surface area contributed by atoms with Crippen molar-refractivity contribution >= 4 is 35.4 Å². The van der Waals surface area contributed by atoms with E-state index in [9.17, 15) is 14.4 Å². The first kappa shape index (κ1) is 22.9. The third kappa shape index (κ3) is 5.49. The highest BCUT2D eigenvalue weighted by Crippen LogP contribution is 2.49. The number of nitrogens with zero attached hydrogens (tertiary/aromatic N) is 1. The number of H-pyrrole nitrogens is 1. The van der Waals surface area contributed by atoms with Crippen LogP contribution in [-0.4, -0.2) is 39.5 Å². The van der Waals surface area contributed by atoms with E-state index in [0.717, 1.165) is 19.3 Å². The molecule has 1 aromatic heterocycles. The molecule has 3 rings (SSSR count). The third-order valence-electron chi connectivity index (χ3n) is 5.36. The van der Waals surface area contributed by atoms with Crippen LogP contribution < -0.4 is 10.9 Å². The molecule has 164 valence electrons. The van der Waals surface area contributed by atoms with Crippen LogP contribution in [0.2, 0.25) is 0 Å². The van der Waals surface area contributed by atoms with Gasteiger partial charge in [0.05, 0.1) is 28.7 Å². The van der Waals surface area contributed by atoms with E-state index in [4.69, 9.17) is 4.74 Å². The summed E-state index contributed by atoms with van der Waals surface area (Å²) in [7, 11) is 0. The largest absolute Gasteiger partial charge is 0.463 e. The Bertz CT molecular complexity index is 896. The maximum atomic E-state index is 12.6. The fourth-order valence-corrected chi connectivity index (χ4v) is 6.22. The van der Waals surface area contributed by atoms with Gasteiger partial charge in [0.2, 0.25) is 5.91 Å². The quantitative estimate of drug-likeness (QED) is 0.372. The number of rotatable bonds is 7. The zero-order valence-corrected chi connectivity index (χ0v) is 19.5. The van der Waals surface area contributed by atoms with E-state index in [0.29, 0.717) is 39.2 Å². The van der Waals surface area contributed by atoms with Gasteiger partial charge in [-0.25, -0.2) is 9.78 Å². The average molecular weight is 452 g/mol. The van der Waals surface area contributed by atoms with E-state index >= 15 is 0 Å². The van der Waals surface area contributed by atoms with E-state index in [2.05, 4.69) is 22.2 Å². The number of aromatic nitrogens is 2. The van der Waals surface area contributed by atoms with E-state index < -0.39 is 0 Å². The van der Waals surface area contributed by atoms with Crippen LogP contribution in [0.4, 0.5) is 0 Å². The van der Waals surface area contributed by atoms with Crippen LogP contribution in [0.3, 0.4) is 0 Å². The molecular weight excluding hydrogens is 422 g/mol. The molecule has 1 aromatic rings. The smallest absolute Gasteiger partial charge is 0.336 e. The fourth-order valence-electron chi connectivity index (χ4n) is 3.84. The van der Waals surface area contributed by atoms with Crippen molar-refractivity contribution in [2.24, 2.45) is 11.8 Å². The van der Waals surface area contributed by atoms with E-state index in [1.807, 2.05) is 13.8 Å². The summed E-state index contributed by atoms with van der Waals surface area (Å²) in [6, 6.07) is 1.48. The van der Waals surface area contributed by atoms with E-state index in [-0.39, 0.29) is 35.0 Å². The number of thioether (sulfide) groups is 2. The van der Waals surface area contributed by atoms with Crippen molar-refractivity contribution in [3.05, 3.63) is 32.7 Å². The van der Waals surface area contributed by atoms with Gasteiger partial charge in [-0.2, -0.15) is 0 Å². The molecule has 7 nitrogen and oxygen atoms in total. The average Bonchev–Trinajstić information content (AvgIpc) is 3.02. The number of carbonyl (C=O) groups is 2. The summed E-state index contributed by atoms with van der Waals surface area (Å²) in [6.07, 6.45) is 3.04. The Morgan fingerprint density at radius 3 is 2.87 bits per heavy atom.